The second-order valence-electron chi connectivity index (χ2n) is 8.90. The maximum Gasteiger partial charge on any atom is 0.410 e. The van der Waals surface area contributed by atoms with E-state index in [-0.39, 0.29) is 11.5 Å². The number of ether oxygens (including phenoxy) is 2. The first-order chi connectivity index (χ1) is 10.7. The third-order valence-corrected chi connectivity index (χ3v) is 5.43. The largest absolute Gasteiger partial charge is 0.444 e. The monoisotopic (exact) mass is 324 g/mol. The van der Waals surface area contributed by atoms with Crippen LogP contribution in [0.15, 0.2) is 0 Å². The molecule has 5 heteroatoms. The van der Waals surface area contributed by atoms with Gasteiger partial charge in [0.15, 0.2) is 0 Å². The van der Waals surface area contributed by atoms with Crippen LogP contribution in [0.3, 0.4) is 0 Å². The fourth-order valence-electron chi connectivity index (χ4n) is 4.21. The van der Waals surface area contributed by atoms with Gasteiger partial charge in [-0.25, -0.2) is 4.79 Å². The van der Waals surface area contributed by atoms with Crippen LogP contribution in [-0.2, 0) is 9.47 Å². The summed E-state index contributed by atoms with van der Waals surface area (Å²) < 4.78 is 11.4. The number of amides is 1. The molecule has 3 rings (SSSR count). The summed E-state index contributed by atoms with van der Waals surface area (Å²) in [6.45, 7) is 12.8. The first kappa shape index (κ1) is 17.0. The second kappa shape index (κ2) is 5.92. The zero-order valence-corrected chi connectivity index (χ0v) is 15.2. The Bertz CT molecular complexity index is 454. The highest BCUT2D eigenvalue weighted by Crippen LogP contribution is 2.52. The minimum atomic E-state index is -0.429. The highest BCUT2D eigenvalue weighted by atomic mass is 16.6. The maximum atomic E-state index is 12.4. The summed E-state index contributed by atoms with van der Waals surface area (Å²) >= 11 is 0. The quantitative estimate of drug-likeness (QED) is 0.845. The number of hydrogen-bond donors (Lipinski definition) is 1. The summed E-state index contributed by atoms with van der Waals surface area (Å²) in [4.78, 5) is 14.3. The van der Waals surface area contributed by atoms with Gasteiger partial charge in [-0.3, -0.25) is 0 Å². The summed E-state index contributed by atoms with van der Waals surface area (Å²) in [5.74, 6) is 0.640. The molecule has 0 aromatic carbocycles. The Hall–Kier alpha value is -0.810. The molecule has 0 aromatic heterocycles. The topological polar surface area (TPSA) is 50.8 Å². The van der Waals surface area contributed by atoms with E-state index in [1.165, 1.54) is 0 Å². The van der Waals surface area contributed by atoms with Gasteiger partial charge in [0.25, 0.3) is 0 Å². The minimum absolute atomic E-state index is 0.170. The average Bonchev–Trinajstić information content (AvgIpc) is 3.14. The van der Waals surface area contributed by atoms with Crippen LogP contribution in [0.4, 0.5) is 4.79 Å². The molecule has 1 amide bonds. The predicted molar refractivity (Wildman–Crippen MR) is 89.4 cm³/mol. The molecule has 1 heterocycles. The lowest BCUT2D eigenvalue weighted by Gasteiger charge is -2.55. The SMILES string of the molecule is CC(C)(C)OC(=O)N(CCNC1C2CCOC2C1(C)C)C1CC1. The molecular formula is C18H32N2O3. The molecule has 0 radical (unpaired) electrons. The third kappa shape index (κ3) is 3.50. The normalized spacial score (nSPS) is 32.1. The smallest absolute Gasteiger partial charge is 0.410 e. The van der Waals surface area contributed by atoms with E-state index in [9.17, 15) is 4.79 Å². The van der Waals surface area contributed by atoms with Crippen LogP contribution in [0.2, 0.25) is 0 Å². The molecule has 0 spiro atoms. The van der Waals surface area contributed by atoms with Gasteiger partial charge in [0.2, 0.25) is 0 Å². The molecule has 23 heavy (non-hydrogen) atoms. The third-order valence-electron chi connectivity index (χ3n) is 5.43. The Morgan fingerprint density at radius 2 is 2.00 bits per heavy atom. The van der Waals surface area contributed by atoms with Crippen molar-refractivity contribution in [3.8, 4) is 0 Å². The van der Waals surface area contributed by atoms with Crippen molar-refractivity contribution in [2.75, 3.05) is 19.7 Å². The van der Waals surface area contributed by atoms with Crippen molar-refractivity contribution >= 4 is 6.09 Å². The van der Waals surface area contributed by atoms with Gasteiger partial charge in [-0.15, -0.1) is 0 Å². The Labute approximate surface area is 140 Å². The van der Waals surface area contributed by atoms with Crippen molar-refractivity contribution in [2.24, 2.45) is 11.3 Å². The van der Waals surface area contributed by atoms with Crippen molar-refractivity contribution in [2.45, 2.75) is 77.7 Å². The van der Waals surface area contributed by atoms with Gasteiger partial charge in [0, 0.05) is 43.1 Å². The van der Waals surface area contributed by atoms with Gasteiger partial charge < -0.3 is 19.7 Å². The van der Waals surface area contributed by atoms with Crippen LogP contribution in [-0.4, -0.2) is 54.5 Å². The van der Waals surface area contributed by atoms with Crippen molar-refractivity contribution in [3.63, 3.8) is 0 Å². The number of carbonyl (C=O) groups is 1. The van der Waals surface area contributed by atoms with Gasteiger partial charge in [0.05, 0.1) is 6.10 Å². The summed E-state index contributed by atoms with van der Waals surface area (Å²) in [6, 6.07) is 0.873. The highest BCUT2D eigenvalue weighted by molar-refractivity contribution is 5.69. The summed E-state index contributed by atoms with van der Waals surface area (Å²) in [6.07, 6.45) is 3.60. The number of hydrogen-bond acceptors (Lipinski definition) is 4. The van der Waals surface area contributed by atoms with E-state index in [0.29, 0.717) is 24.1 Å². The summed E-state index contributed by atoms with van der Waals surface area (Å²) in [7, 11) is 0. The fraction of sp³-hybridized carbons (Fsp3) is 0.944. The molecule has 2 saturated carbocycles. The van der Waals surface area contributed by atoms with E-state index in [0.717, 1.165) is 39.0 Å². The molecule has 0 bridgehead atoms. The van der Waals surface area contributed by atoms with Gasteiger partial charge in [-0.2, -0.15) is 0 Å². The standard InChI is InChI=1S/C18H32N2O3/c1-17(2,3)23-16(21)20(12-6-7-12)10-9-19-14-13-8-11-22-15(13)18(14,4)5/h12-15,19H,6-11H2,1-5H3. The van der Waals surface area contributed by atoms with Crippen molar-refractivity contribution < 1.29 is 14.3 Å². The van der Waals surface area contributed by atoms with E-state index in [1.807, 2.05) is 25.7 Å². The van der Waals surface area contributed by atoms with Crippen LogP contribution >= 0.6 is 0 Å². The first-order valence-electron chi connectivity index (χ1n) is 9.05. The summed E-state index contributed by atoms with van der Waals surface area (Å²) in [5, 5.41) is 3.68. The molecule has 3 aliphatic rings. The van der Waals surface area contributed by atoms with E-state index in [2.05, 4.69) is 19.2 Å². The molecule has 132 valence electrons. The minimum Gasteiger partial charge on any atom is -0.444 e. The lowest BCUT2D eigenvalue weighted by atomic mass is 9.57. The molecule has 1 N–H and O–H groups in total. The predicted octanol–water partition coefficient (Wildman–Crippen LogP) is 2.79. The molecule has 3 atom stereocenters. The van der Waals surface area contributed by atoms with Crippen molar-refractivity contribution in [1.82, 2.24) is 10.2 Å². The van der Waals surface area contributed by atoms with Gasteiger partial charge in [0.1, 0.15) is 5.60 Å². The lowest BCUT2D eigenvalue weighted by molar-refractivity contribution is -0.112. The lowest BCUT2D eigenvalue weighted by Crippen LogP contribution is -2.66. The highest BCUT2D eigenvalue weighted by Gasteiger charge is 2.58. The molecule has 1 saturated heterocycles. The van der Waals surface area contributed by atoms with Crippen LogP contribution in [0, 0.1) is 11.3 Å². The van der Waals surface area contributed by atoms with E-state index in [4.69, 9.17) is 9.47 Å². The zero-order chi connectivity index (χ0) is 16.8. The Balaban J connectivity index is 1.49. The van der Waals surface area contributed by atoms with Crippen LogP contribution in [0.5, 0.6) is 0 Å². The Morgan fingerprint density at radius 1 is 1.30 bits per heavy atom. The maximum absolute atomic E-state index is 12.4. The average molecular weight is 324 g/mol. The van der Waals surface area contributed by atoms with Gasteiger partial charge in [-0.05, 0) is 40.0 Å². The molecule has 1 aliphatic heterocycles. The molecule has 5 nitrogen and oxygen atoms in total. The van der Waals surface area contributed by atoms with Crippen molar-refractivity contribution in [3.05, 3.63) is 0 Å². The van der Waals surface area contributed by atoms with E-state index in [1.54, 1.807) is 0 Å². The summed E-state index contributed by atoms with van der Waals surface area (Å²) in [5.41, 5.74) is -0.237. The van der Waals surface area contributed by atoms with Crippen molar-refractivity contribution in [1.29, 1.82) is 0 Å². The fourth-order valence-corrected chi connectivity index (χ4v) is 4.21. The van der Waals surface area contributed by atoms with Crippen LogP contribution < -0.4 is 5.32 Å². The van der Waals surface area contributed by atoms with Crippen LogP contribution in [0.25, 0.3) is 0 Å². The zero-order valence-electron chi connectivity index (χ0n) is 15.2. The molecule has 3 fully saturated rings. The number of fused-ring (bicyclic) bond motifs is 1. The van der Waals surface area contributed by atoms with Crippen LogP contribution in [0.1, 0.15) is 53.9 Å². The first-order valence-corrected chi connectivity index (χ1v) is 9.05. The van der Waals surface area contributed by atoms with Gasteiger partial charge >= 0.3 is 6.09 Å². The number of nitrogens with zero attached hydrogens (tertiary/aromatic N) is 1. The Kier molecular flexibility index (Phi) is 4.38. The molecule has 3 unspecified atom stereocenters. The number of carbonyl (C=O) groups excluding carboxylic acids is 1. The second-order valence-corrected chi connectivity index (χ2v) is 8.90. The van der Waals surface area contributed by atoms with Gasteiger partial charge in [-0.1, -0.05) is 13.8 Å². The van der Waals surface area contributed by atoms with E-state index < -0.39 is 5.60 Å². The Morgan fingerprint density at radius 3 is 2.61 bits per heavy atom. The molecule has 0 aromatic rings. The number of rotatable bonds is 5. The number of nitrogens with one attached hydrogen (secondary N) is 1. The van der Waals surface area contributed by atoms with E-state index >= 15 is 0 Å². The molecule has 2 aliphatic carbocycles. The molecular weight excluding hydrogens is 292 g/mol.